The van der Waals surface area contributed by atoms with E-state index in [9.17, 15) is 14.4 Å². The highest BCUT2D eigenvalue weighted by Gasteiger charge is 2.31. The number of aromatic nitrogens is 2. The fraction of sp³-hybridized carbons (Fsp3) is 0.516. The lowest BCUT2D eigenvalue weighted by atomic mass is 9.90. The summed E-state index contributed by atoms with van der Waals surface area (Å²) in [4.78, 5) is 43.2. The molecule has 0 unspecified atom stereocenters. The Hall–Kier alpha value is -3.63. The van der Waals surface area contributed by atoms with Crippen LogP contribution in [0.4, 0.5) is 4.79 Å². The molecule has 0 radical (unpaired) electrons. The average Bonchev–Trinajstić information content (AvgIpc) is 3.27. The van der Waals surface area contributed by atoms with Crippen LogP contribution >= 0.6 is 0 Å². The molecule has 1 aliphatic heterocycles. The topological polar surface area (TPSA) is 123 Å². The van der Waals surface area contributed by atoms with Gasteiger partial charge in [0.05, 0.1) is 32.5 Å². The number of nitrogens with one attached hydrogen (secondary N) is 1. The van der Waals surface area contributed by atoms with E-state index in [0.29, 0.717) is 41.6 Å². The van der Waals surface area contributed by atoms with Crippen molar-refractivity contribution in [2.45, 2.75) is 52.5 Å². The van der Waals surface area contributed by atoms with Crippen LogP contribution in [0.1, 0.15) is 59.5 Å². The summed E-state index contributed by atoms with van der Waals surface area (Å²) >= 11 is 0. The largest absolute Gasteiger partial charge is 0.496 e. The van der Waals surface area contributed by atoms with Crippen molar-refractivity contribution in [3.05, 3.63) is 63.2 Å². The second-order valence-electron chi connectivity index (χ2n) is 10.6. The first-order valence-corrected chi connectivity index (χ1v) is 14.3. The first kappa shape index (κ1) is 30.3. The van der Waals surface area contributed by atoms with Gasteiger partial charge in [-0.15, -0.1) is 0 Å². The highest BCUT2D eigenvalue weighted by molar-refractivity contribution is 6.09. The predicted octanol–water partition coefficient (Wildman–Crippen LogP) is 4.19. The number of carbonyl (C=O) groups is 2. The number of rotatable bonds is 12. The van der Waals surface area contributed by atoms with Gasteiger partial charge in [-0.3, -0.25) is 9.59 Å². The molecular formula is C31H41N3O7. The summed E-state index contributed by atoms with van der Waals surface area (Å²) in [6.45, 7) is 7.76. The van der Waals surface area contributed by atoms with Gasteiger partial charge >= 0.3 is 6.09 Å². The maximum Gasteiger partial charge on any atom is 0.409 e. The van der Waals surface area contributed by atoms with E-state index in [1.54, 1.807) is 17.9 Å². The Labute approximate surface area is 240 Å². The number of aromatic amines is 1. The van der Waals surface area contributed by atoms with Crippen molar-refractivity contribution in [3.8, 4) is 5.75 Å². The Kier molecular flexibility index (Phi) is 10.2. The van der Waals surface area contributed by atoms with E-state index in [1.165, 1.54) is 7.11 Å². The van der Waals surface area contributed by atoms with Crippen molar-refractivity contribution < 1.29 is 28.9 Å². The van der Waals surface area contributed by atoms with Crippen LogP contribution in [0.5, 0.6) is 5.75 Å². The van der Waals surface area contributed by atoms with Gasteiger partial charge in [0, 0.05) is 53.4 Å². The fourth-order valence-electron chi connectivity index (χ4n) is 5.96. The molecule has 0 saturated carbocycles. The number of aliphatic hydroxyl groups is 1. The number of methoxy groups -OCH3 is 1. The number of ether oxygens (including phenoxy) is 3. The number of Topliss-reactive ketones (excluding diaryl/α,β-unsaturated/α-hetero) is 1. The highest BCUT2D eigenvalue weighted by atomic mass is 16.6. The lowest BCUT2D eigenvalue weighted by molar-refractivity contribution is 0.0361. The van der Waals surface area contributed by atoms with Gasteiger partial charge < -0.3 is 33.8 Å². The number of fused-ring (bicyclic) bond motifs is 1. The number of aliphatic hydroxyl groups excluding tert-OH is 1. The number of pyridine rings is 1. The van der Waals surface area contributed by atoms with Crippen LogP contribution in [0.2, 0.25) is 0 Å². The van der Waals surface area contributed by atoms with E-state index in [0.717, 1.165) is 29.4 Å². The normalized spacial score (nSPS) is 14.8. The molecule has 2 aromatic heterocycles. The van der Waals surface area contributed by atoms with Crippen LogP contribution in [0.3, 0.4) is 0 Å². The molecular weight excluding hydrogens is 526 g/mol. The quantitative estimate of drug-likeness (QED) is 0.249. The highest BCUT2D eigenvalue weighted by Crippen LogP contribution is 2.36. The molecule has 0 bridgehead atoms. The monoisotopic (exact) mass is 567 g/mol. The van der Waals surface area contributed by atoms with E-state index < -0.39 is 0 Å². The number of amides is 1. The first-order chi connectivity index (χ1) is 19.8. The summed E-state index contributed by atoms with van der Waals surface area (Å²) in [7, 11) is 1.53. The first-order valence-electron chi connectivity index (χ1n) is 14.3. The maximum absolute atomic E-state index is 13.7. The van der Waals surface area contributed by atoms with Crippen molar-refractivity contribution in [1.29, 1.82) is 0 Å². The van der Waals surface area contributed by atoms with E-state index in [2.05, 4.69) is 22.5 Å². The third-order valence-corrected chi connectivity index (χ3v) is 8.06. The summed E-state index contributed by atoms with van der Waals surface area (Å²) in [5, 5.41) is 9.67. The van der Waals surface area contributed by atoms with Crippen LogP contribution in [0.15, 0.2) is 35.1 Å². The molecule has 0 aliphatic carbocycles. The van der Waals surface area contributed by atoms with Crippen molar-refractivity contribution in [2.75, 3.05) is 46.6 Å². The molecule has 3 aromatic rings. The summed E-state index contributed by atoms with van der Waals surface area (Å²) in [5.41, 5.74) is 3.58. The number of likely N-dealkylation sites (tertiary alicyclic amines) is 1. The number of aryl methyl sites for hydroxylation is 1. The minimum absolute atomic E-state index is 0.00721. The Morgan fingerprint density at radius 2 is 1.85 bits per heavy atom. The number of piperidine rings is 1. The van der Waals surface area contributed by atoms with Gasteiger partial charge in [0.25, 0.3) is 5.56 Å². The summed E-state index contributed by atoms with van der Waals surface area (Å²) < 4.78 is 18.1. The van der Waals surface area contributed by atoms with Gasteiger partial charge in [0.1, 0.15) is 12.4 Å². The zero-order valence-electron chi connectivity index (χ0n) is 24.4. The van der Waals surface area contributed by atoms with E-state index in [-0.39, 0.29) is 62.7 Å². The maximum atomic E-state index is 13.7. The standard InChI is InChI=1S/C31H41N3O7/c1-20-19-28(39-4)25(30(37)32-20)9-10-27(36)29-22(3)34(26-8-6-5-7-24(26)29)21(2)23-11-13-33(14-12-23)31(38)41-18-17-40-16-15-35/h5-8,19,21,23,35H,9-18H2,1-4H3,(H,32,37)/t21-/m1/s1. The second-order valence-corrected chi connectivity index (χ2v) is 10.6. The van der Waals surface area contributed by atoms with Crippen LogP contribution in [0, 0.1) is 19.8 Å². The number of carbonyl (C=O) groups excluding carboxylic acids is 2. The number of hydrogen-bond acceptors (Lipinski definition) is 7. The van der Waals surface area contributed by atoms with Gasteiger partial charge in [-0.2, -0.15) is 0 Å². The Bertz CT molecular complexity index is 1420. The molecule has 1 aromatic carbocycles. The van der Waals surface area contributed by atoms with Crippen LogP contribution in [-0.2, 0) is 15.9 Å². The lowest BCUT2D eigenvalue weighted by Gasteiger charge is -2.35. The van der Waals surface area contributed by atoms with Crippen molar-refractivity contribution >= 4 is 22.8 Å². The summed E-state index contributed by atoms with van der Waals surface area (Å²) in [6, 6.07) is 9.86. The van der Waals surface area contributed by atoms with Gasteiger partial charge in [-0.1, -0.05) is 18.2 Å². The number of hydrogen-bond donors (Lipinski definition) is 2. The molecule has 10 heteroatoms. The zero-order valence-corrected chi connectivity index (χ0v) is 24.4. The van der Waals surface area contributed by atoms with Gasteiger partial charge in [-0.05, 0) is 58.1 Å². The fourth-order valence-corrected chi connectivity index (χ4v) is 5.96. The molecule has 4 rings (SSSR count). The average molecular weight is 568 g/mol. The Morgan fingerprint density at radius 3 is 2.56 bits per heavy atom. The van der Waals surface area contributed by atoms with Crippen molar-refractivity contribution in [1.82, 2.24) is 14.5 Å². The second kappa shape index (κ2) is 13.8. The van der Waals surface area contributed by atoms with Crippen LogP contribution in [-0.4, -0.2) is 78.1 Å². The van der Waals surface area contributed by atoms with Gasteiger partial charge in [-0.25, -0.2) is 4.79 Å². The van der Waals surface area contributed by atoms with E-state index in [1.807, 2.05) is 25.1 Å². The molecule has 1 fully saturated rings. The molecule has 3 heterocycles. The third-order valence-electron chi connectivity index (χ3n) is 8.06. The molecule has 0 spiro atoms. The molecule has 10 nitrogen and oxygen atoms in total. The summed E-state index contributed by atoms with van der Waals surface area (Å²) in [5.74, 6) is 0.809. The van der Waals surface area contributed by atoms with E-state index >= 15 is 0 Å². The van der Waals surface area contributed by atoms with Gasteiger partial charge in [0.15, 0.2) is 5.78 Å². The smallest absolute Gasteiger partial charge is 0.409 e. The van der Waals surface area contributed by atoms with Crippen LogP contribution < -0.4 is 10.3 Å². The minimum Gasteiger partial charge on any atom is -0.496 e. The molecule has 1 amide bonds. The molecule has 41 heavy (non-hydrogen) atoms. The third kappa shape index (κ3) is 6.82. The number of H-pyrrole nitrogens is 1. The number of para-hydroxylation sites is 1. The molecule has 1 saturated heterocycles. The predicted molar refractivity (Wildman–Crippen MR) is 156 cm³/mol. The van der Waals surface area contributed by atoms with Crippen molar-refractivity contribution in [2.24, 2.45) is 5.92 Å². The molecule has 1 aliphatic rings. The molecule has 1 atom stereocenters. The molecule has 2 N–H and O–H groups in total. The minimum atomic E-state index is -0.344. The Morgan fingerprint density at radius 1 is 1.12 bits per heavy atom. The Balaban J connectivity index is 1.47. The SMILES string of the molecule is COc1cc(C)[nH]c(=O)c1CCC(=O)c1c(C)n([C@H](C)C2CCN(C(=O)OCCOCCO)CC2)c2ccccc12. The van der Waals surface area contributed by atoms with Gasteiger partial charge in [0.2, 0.25) is 0 Å². The molecule has 222 valence electrons. The lowest BCUT2D eigenvalue weighted by Crippen LogP contribution is -2.40. The van der Waals surface area contributed by atoms with Crippen molar-refractivity contribution in [3.63, 3.8) is 0 Å². The van der Waals surface area contributed by atoms with Crippen LogP contribution in [0.25, 0.3) is 10.9 Å². The zero-order chi connectivity index (χ0) is 29.5. The van der Waals surface area contributed by atoms with E-state index in [4.69, 9.17) is 19.3 Å². The number of nitrogens with zero attached hydrogens (tertiary/aromatic N) is 2. The number of ketones is 1. The summed E-state index contributed by atoms with van der Waals surface area (Å²) in [6.07, 6.45) is 1.78. The number of benzene rings is 1.